The number of methoxy groups -OCH3 is 1. The lowest BCUT2D eigenvalue weighted by Gasteiger charge is -2.02. The first-order chi connectivity index (χ1) is 10.2. The normalized spacial score (nSPS) is 11.8. The van der Waals surface area contributed by atoms with Crippen molar-refractivity contribution in [1.82, 2.24) is 4.98 Å². The first-order valence-electron chi connectivity index (χ1n) is 5.96. The molecule has 0 aliphatic rings. The van der Waals surface area contributed by atoms with Gasteiger partial charge in [-0.1, -0.05) is 6.07 Å². The van der Waals surface area contributed by atoms with Gasteiger partial charge in [0.25, 0.3) is 0 Å². The van der Waals surface area contributed by atoms with Crippen molar-refractivity contribution in [2.24, 2.45) is 10.7 Å². The van der Waals surface area contributed by atoms with Crippen LogP contribution >= 0.6 is 0 Å². The van der Waals surface area contributed by atoms with Crippen molar-refractivity contribution < 1.29 is 4.74 Å². The van der Waals surface area contributed by atoms with E-state index in [-0.39, 0.29) is 11.4 Å². The Morgan fingerprint density at radius 3 is 2.76 bits per heavy atom. The van der Waals surface area contributed by atoms with Gasteiger partial charge in [-0.3, -0.25) is 0 Å². The lowest BCUT2D eigenvalue weighted by molar-refractivity contribution is 0.415. The standard InChI is InChI=1S/C15H11N5O/c1-21-12-4-5-14-10(6-12)2-3-11(20-14)9-19-15(8-17)13(18)7-16/h2-6,9H,18H2,1H3/b15-13-,19-9?. The minimum Gasteiger partial charge on any atom is -0.497 e. The summed E-state index contributed by atoms with van der Waals surface area (Å²) in [5, 5.41) is 18.4. The van der Waals surface area contributed by atoms with E-state index in [4.69, 9.17) is 21.0 Å². The average molecular weight is 277 g/mol. The molecule has 0 atom stereocenters. The Balaban J connectivity index is 2.37. The number of benzene rings is 1. The quantitative estimate of drug-likeness (QED) is 0.680. The molecule has 1 aromatic heterocycles. The Labute approximate surface area is 121 Å². The van der Waals surface area contributed by atoms with Crippen LogP contribution in [-0.2, 0) is 0 Å². The lowest BCUT2D eigenvalue weighted by Crippen LogP contribution is -1.98. The van der Waals surface area contributed by atoms with Crippen molar-refractivity contribution in [2.45, 2.75) is 0 Å². The van der Waals surface area contributed by atoms with E-state index < -0.39 is 0 Å². The van der Waals surface area contributed by atoms with Gasteiger partial charge in [0.15, 0.2) is 5.70 Å². The highest BCUT2D eigenvalue weighted by Gasteiger charge is 2.01. The molecule has 0 saturated carbocycles. The molecule has 2 aromatic rings. The van der Waals surface area contributed by atoms with Crippen LogP contribution in [0.4, 0.5) is 0 Å². The predicted molar refractivity (Wildman–Crippen MR) is 78.3 cm³/mol. The average Bonchev–Trinajstić information content (AvgIpc) is 2.54. The number of aromatic nitrogens is 1. The van der Waals surface area contributed by atoms with Crippen molar-refractivity contribution in [2.75, 3.05) is 7.11 Å². The van der Waals surface area contributed by atoms with Crippen molar-refractivity contribution in [3.8, 4) is 17.9 Å². The molecule has 2 rings (SSSR count). The first kappa shape index (κ1) is 14.0. The van der Waals surface area contributed by atoms with Crippen LogP contribution in [0.3, 0.4) is 0 Å². The summed E-state index contributed by atoms with van der Waals surface area (Å²) in [7, 11) is 1.60. The highest BCUT2D eigenvalue weighted by atomic mass is 16.5. The minimum absolute atomic E-state index is 0.130. The zero-order valence-electron chi connectivity index (χ0n) is 11.2. The van der Waals surface area contributed by atoms with Crippen molar-refractivity contribution in [1.29, 1.82) is 10.5 Å². The number of hydrogen-bond donors (Lipinski definition) is 1. The second-order valence-electron chi connectivity index (χ2n) is 4.04. The Kier molecular flexibility index (Phi) is 4.13. The van der Waals surface area contributed by atoms with E-state index in [1.165, 1.54) is 6.21 Å². The maximum Gasteiger partial charge on any atom is 0.174 e. The number of nitrogens with zero attached hydrogens (tertiary/aromatic N) is 4. The van der Waals surface area contributed by atoms with Gasteiger partial charge in [0.05, 0.1) is 24.5 Å². The van der Waals surface area contributed by atoms with Gasteiger partial charge in [-0.05, 0) is 24.3 Å². The molecular formula is C15H11N5O. The maximum atomic E-state index is 8.85. The predicted octanol–water partition coefficient (Wildman–Crippen LogP) is 1.88. The molecule has 2 N–H and O–H groups in total. The first-order valence-corrected chi connectivity index (χ1v) is 5.96. The Morgan fingerprint density at radius 2 is 2.10 bits per heavy atom. The van der Waals surface area contributed by atoms with Gasteiger partial charge in [0.2, 0.25) is 0 Å². The van der Waals surface area contributed by atoms with Gasteiger partial charge in [0, 0.05) is 5.39 Å². The Hall–Kier alpha value is -3.38. The number of allylic oxidation sites excluding steroid dienone is 2. The topological polar surface area (TPSA) is 108 Å². The molecule has 0 fully saturated rings. The molecule has 0 amide bonds. The van der Waals surface area contributed by atoms with Gasteiger partial charge in [0.1, 0.15) is 23.6 Å². The van der Waals surface area contributed by atoms with Crippen LogP contribution in [0.2, 0.25) is 0 Å². The fourth-order valence-corrected chi connectivity index (χ4v) is 1.66. The van der Waals surface area contributed by atoms with E-state index in [0.29, 0.717) is 5.69 Å². The van der Waals surface area contributed by atoms with E-state index in [1.807, 2.05) is 24.3 Å². The van der Waals surface area contributed by atoms with Crippen molar-refractivity contribution in [3.63, 3.8) is 0 Å². The van der Waals surface area contributed by atoms with Crippen LogP contribution in [0.25, 0.3) is 10.9 Å². The largest absolute Gasteiger partial charge is 0.497 e. The van der Waals surface area contributed by atoms with Gasteiger partial charge in [-0.25, -0.2) is 9.98 Å². The zero-order chi connectivity index (χ0) is 15.2. The van der Waals surface area contributed by atoms with E-state index in [1.54, 1.807) is 25.3 Å². The second kappa shape index (κ2) is 6.18. The van der Waals surface area contributed by atoms with Gasteiger partial charge in [-0.2, -0.15) is 10.5 Å². The molecule has 0 unspecified atom stereocenters. The number of aliphatic imine (C=N–C) groups is 1. The lowest BCUT2D eigenvalue weighted by atomic mass is 10.2. The summed E-state index contributed by atoms with van der Waals surface area (Å²) in [4.78, 5) is 8.26. The Bertz CT molecular complexity index is 824. The molecular weight excluding hydrogens is 266 g/mol. The van der Waals surface area contributed by atoms with E-state index in [2.05, 4.69) is 9.98 Å². The van der Waals surface area contributed by atoms with Crippen LogP contribution in [0.5, 0.6) is 5.75 Å². The molecule has 1 aromatic carbocycles. The molecule has 102 valence electrons. The minimum atomic E-state index is -0.223. The molecule has 0 bridgehead atoms. The molecule has 0 aliphatic carbocycles. The highest BCUT2D eigenvalue weighted by molar-refractivity contribution is 5.86. The number of rotatable bonds is 3. The number of ether oxygens (including phenoxy) is 1. The summed E-state index contributed by atoms with van der Waals surface area (Å²) in [5.74, 6) is 0.752. The molecule has 21 heavy (non-hydrogen) atoms. The molecule has 0 radical (unpaired) electrons. The van der Waals surface area contributed by atoms with Crippen molar-refractivity contribution in [3.05, 3.63) is 47.4 Å². The van der Waals surface area contributed by atoms with Crippen LogP contribution in [0.1, 0.15) is 5.69 Å². The molecule has 0 saturated heterocycles. The van der Waals surface area contributed by atoms with E-state index in [9.17, 15) is 0 Å². The van der Waals surface area contributed by atoms with Crippen LogP contribution in [-0.4, -0.2) is 18.3 Å². The van der Waals surface area contributed by atoms with Gasteiger partial charge < -0.3 is 10.5 Å². The third-order valence-electron chi connectivity index (χ3n) is 2.73. The summed E-state index contributed by atoms with van der Waals surface area (Å²) < 4.78 is 5.14. The fraction of sp³-hybridized carbons (Fsp3) is 0.0667. The van der Waals surface area contributed by atoms with Crippen LogP contribution in [0, 0.1) is 22.7 Å². The highest BCUT2D eigenvalue weighted by Crippen LogP contribution is 2.19. The number of nitriles is 2. The number of nitrogens with two attached hydrogens (primary N) is 1. The number of hydrogen-bond acceptors (Lipinski definition) is 6. The molecule has 0 spiro atoms. The summed E-state index contributed by atoms with van der Waals surface area (Å²) in [6, 6.07) is 12.6. The van der Waals surface area contributed by atoms with Crippen LogP contribution < -0.4 is 10.5 Å². The third-order valence-corrected chi connectivity index (χ3v) is 2.73. The Morgan fingerprint density at radius 1 is 1.29 bits per heavy atom. The second-order valence-corrected chi connectivity index (χ2v) is 4.04. The summed E-state index contributed by atoms with van der Waals surface area (Å²) in [5.41, 5.74) is 6.34. The molecule has 6 nitrogen and oxygen atoms in total. The SMILES string of the molecule is COc1ccc2nc(C=N/C(C#N)=C(\N)C#N)ccc2c1. The van der Waals surface area contributed by atoms with Gasteiger partial charge in [-0.15, -0.1) is 0 Å². The summed E-state index contributed by atoms with van der Waals surface area (Å²) in [6.07, 6.45) is 1.40. The fourth-order valence-electron chi connectivity index (χ4n) is 1.66. The number of pyridine rings is 1. The molecule has 6 heteroatoms. The monoisotopic (exact) mass is 277 g/mol. The zero-order valence-corrected chi connectivity index (χ0v) is 11.2. The van der Waals surface area contributed by atoms with E-state index in [0.717, 1.165) is 16.7 Å². The van der Waals surface area contributed by atoms with E-state index >= 15 is 0 Å². The van der Waals surface area contributed by atoms with Gasteiger partial charge >= 0.3 is 0 Å². The maximum absolute atomic E-state index is 8.85. The number of fused-ring (bicyclic) bond motifs is 1. The van der Waals surface area contributed by atoms with Crippen LogP contribution in [0.15, 0.2) is 46.7 Å². The van der Waals surface area contributed by atoms with Crippen molar-refractivity contribution >= 4 is 17.1 Å². The summed E-state index contributed by atoms with van der Waals surface area (Å²) >= 11 is 0. The molecule has 0 aliphatic heterocycles. The molecule has 1 heterocycles. The third kappa shape index (κ3) is 3.14. The smallest absolute Gasteiger partial charge is 0.174 e. The summed E-state index contributed by atoms with van der Waals surface area (Å²) in [6.45, 7) is 0.